The molecule has 0 radical (unpaired) electrons. The molecule has 0 saturated carbocycles. The second kappa shape index (κ2) is 8.41. The predicted molar refractivity (Wildman–Crippen MR) is 143 cm³/mol. The third kappa shape index (κ3) is 3.97. The zero-order valence-corrected chi connectivity index (χ0v) is 21.4. The number of hydrogen-bond donors (Lipinski definition) is 0. The molecule has 2 aliphatic rings. The molecule has 1 atom stereocenters. The lowest BCUT2D eigenvalue weighted by molar-refractivity contribution is -0.0541. The molecule has 0 aromatic heterocycles. The molecule has 2 aliphatic heterocycles. The highest BCUT2D eigenvalue weighted by atomic mass is 16.7. The molecule has 0 fully saturated rings. The zero-order chi connectivity index (χ0) is 24.0. The summed E-state index contributed by atoms with van der Waals surface area (Å²) in [5.74, 6) is 1.26. The number of allylic oxidation sites excluding steroid dienone is 7. The average molecular weight is 441 g/mol. The molecule has 0 amide bonds. The van der Waals surface area contributed by atoms with Gasteiger partial charge in [-0.3, -0.25) is 0 Å². The topological polar surface area (TPSA) is 5.94 Å². The van der Waals surface area contributed by atoms with Crippen molar-refractivity contribution in [2.75, 3.05) is 19.1 Å². The van der Waals surface area contributed by atoms with E-state index in [0.29, 0.717) is 0 Å². The highest BCUT2D eigenvalue weighted by Gasteiger charge is 2.48. The number of anilines is 1. The van der Waals surface area contributed by atoms with Crippen molar-refractivity contribution in [3.63, 3.8) is 0 Å². The van der Waals surface area contributed by atoms with E-state index in [1.54, 1.807) is 0 Å². The fraction of sp³-hybridized carbons (Fsp3) is 0.355. The molecule has 2 heteroatoms. The lowest BCUT2D eigenvalue weighted by atomic mass is 9.80. The van der Waals surface area contributed by atoms with Gasteiger partial charge in [0.1, 0.15) is 0 Å². The van der Waals surface area contributed by atoms with E-state index in [1.165, 1.54) is 39.4 Å². The molecule has 0 aliphatic carbocycles. The highest BCUT2D eigenvalue weighted by Crippen LogP contribution is 2.50. The molecule has 2 aromatic carbocycles. The minimum Gasteiger partial charge on any atom is -0.568 e. The minimum absolute atomic E-state index is 0.00723. The maximum absolute atomic E-state index is 3.33. The van der Waals surface area contributed by atoms with Gasteiger partial charge in [0.05, 0.1) is 11.0 Å². The molecule has 0 saturated heterocycles. The van der Waals surface area contributed by atoms with Crippen molar-refractivity contribution in [3.8, 4) is 5.75 Å². The van der Waals surface area contributed by atoms with Crippen LogP contribution in [-0.4, -0.2) is 20.3 Å². The van der Waals surface area contributed by atoms with Crippen molar-refractivity contribution in [2.24, 2.45) is 0 Å². The summed E-state index contributed by atoms with van der Waals surface area (Å²) in [6.45, 7) is 13.6. The molecular weight excluding hydrogens is 402 g/mol. The summed E-state index contributed by atoms with van der Waals surface area (Å²) in [5.41, 5.74) is 8.12. The number of fused-ring (bicyclic) bond motifs is 2. The molecular formula is C31H38NO+. The molecule has 4 rings (SSSR count). The van der Waals surface area contributed by atoms with E-state index in [2.05, 4.69) is 144 Å². The second-order valence-corrected chi connectivity index (χ2v) is 10.6. The van der Waals surface area contributed by atoms with Crippen molar-refractivity contribution in [3.05, 3.63) is 107 Å². The first-order valence-electron chi connectivity index (χ1n) is 11.9. The Labute approximate surface area is 200 Å². The maximum atomic E-state index is 3.33. The normalized spacial score (nSPS) is 22.3. The minimum atomic E-state index is 0.00723. The predicted octanol–water partition coefficient (Wildman–Crippen LogP) is 7.84. The van der Waals surface area contributed by atoms with Gasteiger partial charge in [0.15, 0.2) is 7.11 Å². The molecule has 172 valence electrons. The quantitative estimate of drug-likeness (QED) is 0.346. The number of likely N-dealkylation sites (N-methyl/N-ethyl adjacent to an activating group) is 1. The Hall–Kier alpha value is -3.00. The first-order valence-corrected chi connectivity index (χ1v) is 11.9. The first-order chi connectivity index (χ1) is 15.5. The van der Waals surface area contributed by atoms with Crippen LogP contribution in [0.3, 0.4) is 0 Å². The Balaban J connectivity index is 1.44. The van der Waals surface area contributed by atoms with E-state index in [9.17, 15) is 0 Å². The summed E-state index contributed by atoms with van der Waals surface area (Å²) in [4.78, 5) is 2.32. The summed E-state index contributed by atoms with van der Waals surface area (Å²) in [6.07, 6.45) is 15.4. The Kier molecular flexibility index (Phi) is 5.90. The summed E-state index contributed by atoms with van der Waals surface area (Å²) in [6, 6.07) is 13.5. The van der Waals surface area contributed by atoms with Gasteiger partial charge in [-0.15, -0.1) is 0 Å². The molecule has 1 unspecified atom stereocenters. The molecule has 2 nitrogen and oxygen atoms in total. The Morgan fingerprint density at radius 1 is 0.818 bits per heavy atom. The molecule has 2 heterocycles. The average Bonchev–Trinajstić information content (AvgIpc) is 3.06. The summed E-state index contributed by atoms with van der Waals surface area (Å²) < 4.78 is 3.33. The smallest absolute Gasteiger partial charge is 0.259 e. The van der Waals surface area contributed by atoms with E-state index in [1.807, 2.05) is 0 Å². The Morgan fingerprint density at radius 3 is 2.15 bits per heavy atom. The van der Waals surface area contributed by atoms with Gasteiger partial charge in [-0.1, -0.05) is 73.6 Å². The van der Waals surface area contributed by atoms with Gasteiger partial charge in [-0.2, -0.15) is 0 Å². The third-order valence-electron chi connectivity index (χ3n) is 7.44. The molecule has 33 heavy (non-hydrogen) atoms. The van der Waals surface area contributed by atoms with Gasteiger partial charge in [-0.05, 0) is 51.5 Å². The Morgan fingerprint density at radius 2 is 1.42 bits per heavy atom. The summed E-state index contributed by atoms with van der Waals surface area (Å²) in [7, 11) is 4.28. The third-order valence-corrected chi connectivity index (χ3v) is 7.44. The number of hydrogen-bond acceptors (Lipinski definition) is 1. The highest BCUT2D eigenvalue weighted by molar-refractivity contribution is 5.70. The van der Waals surface area contributed by atoms with Crippen LogP contribution in [0.4, 0.5) is 5.69 Å². The lowest BCUT2D eigenvalue weighted by Crippen LogP contribution is -2.31. The maximum Gasteiger partial charge on any atom is 0.259 e. The summed E-state index contributed by atoms with van der Waals surface area (Å²) >= 11 is 0. The van der Waals surface area contributed by atoms with Crippen LogP contribution in [-0.2, 0) is 15.2 Å². The first kappa shape index (κ1) is 23.2. The van der Waals surface area contributed by atoms with Gasteiger partial charge in [0.2, 0.25) is 6.10 Å². The van der Waals surface area contributed by atoms with E-state index >= 15 is 0 Å². The molecule has 0 spiro atoms. The standard InChI is InChI=1S/C31H38NO/c1-22-16-18-26-24(20-22)30(3,4)28(32(26)7)14-12-10-9-11-13-15-29-31(5,6)25-21-23(2)17-19-27(25)33(29)8/h9-21,29H,1-8H3/q+1/b11-9+,12-10+,15-13+,28-14-. The van der Waals surface area contributed by atoms with Gasteiger partial charge in [0, 0.05) is 36.0 Å². The van der Waals surface area contributed by atoms with Crippen molar-refractivity contribution in [1.29, 1.82) is 0 Å². The van der Waals surface area contributed by atoms with Gasteiger partial charge < -0.3 is 9.27 Å². The van der Waals surface area contributed by atoms with Crippen molar-refractivity contribution in [2.45, 2.75) is 58.5 Å². The largest absolute Gasteiger partial charge is 0.568 e. The fourth-order valence-electron chi connectivity index (χ4n) is 5.47. The van der Waals surface area contributed by atoms with Crippen LogP contribution >= 0.6 is 0 Å². The van der Waals surface area contributed by atoms with Crippen LogP contribution in [0.25, 0.3) is 0 Å². The van der Waals surface area contributed by atoms with E-state index in [0.717, 1.165) is 0 Å². The van der Waals surface area contributed by atoms with Crippen molar-refractivity contribution < 1.29 is 4.37 Å². The molecule has 0 N–H and O–H groups in total. The number of benzene rings is 2. The molecule has 2 aromatic rings. The van der Waals surface area contributed by atoms with Crippen molar-refractivity contribution >= 4 is 5.69 Å². The summed E-state index contributed by atoms with van der Waals surface area (Å²) in [5, 5.41) is 0. The van der Waals surface area contributed by atoms with Gasteiger partial charge in [0.25, 0.3) is 5.75 Å². The van der Waals surface area contributed by atoms with E-state index < -0.39 is 0 Å². The van der Waals surface area contributed by atoms with E-state index in [-0.39, 0.29) is 16.9 Å². The Bertz CT molecular complexity index is 1180. The number of aryl methyl sites for hydroxylation is 2. The van der Waals surface area contributed by atoms with Crippen LogP contribution in [0, 0.1) is 13.8 Å². The van der Waals surface area contributed by atoms with Crippen LogP contribution in [0.5, 0.6) is 5.75 Å². The number of rotatable bonds is 4. The number of nitrogens with zero attached hydrogens (tertiary/aromatic N) is 1. The van der Waals surface area contributed by atoms with E-state index in [4.69, 9.17) is 0 Å². The van der Waals surface area contributed by atoms with Crippen LogP contribution in [0.2, 0.25) is 0 Å². The second-order valence-electron chi connectivity index (χ2n) is 10.6. The van der Waals surface area contributed by atoms with Crippen LogP contribution in [0.15, 0.2) is 84.6 Å². The monoisotopic (exact) mass is 440 g/mol. The van der Waals surface area contributed by atoms with Gasteiger partial charge >= 0.3 is 0 Å². The lowest BCUT2D eigenvalue weighted by Gasteiger charge is -2.26. The fourth-order valence-corrected chi connectivity index (χ4v) is 5.47. The zero-order valence-electron chi connectivity index (χ0n) is 21.4. The SMILES string of the molecule is Cc1ccc2c(c1)C(C)(C)/C(=C/C=C/C=C/C=C/C1[O+](C)c3ccc(C)cc3C1(C)C)N2C. The van der Waals surface area contributed by atoms with Gasteiger partial charge in [-0.25, -0.2) is 0 Å². The van der Waals surface area contributed by atoms with Crippen LogP contribution < -0.4 is 4.90 Å². The van der Waals surface area contributed by atoms with Crippen LogP contribution in [0.1, 0.15) is 49.9 Å². The molecule has 0 bridgehead atoms. The van der Waals surface area contributed by atoms with Crippen molar-refractivity contribution in [1.82, 2.24) is 0 Å².